The minimum absolute atomic E-state index is 0.392. The van der Waals surface area contributed by atoms with Crippen LogP contribution in [-0.2, 0) is 6.54 Å². The summed E-state index contributed by atoms with van der Waals surface area (Å²) in [5.41, 5.74) is 2.19. The largest absolute Gasteiger partial charge is 0.314 e. The predicted molar refractivity (Wildman–Crippen MR) is 47.9 cm³/mol. The Balaban J connectivity index is 2.88. The zero-order valence-corrected chi connectivity index (χ0v) is 8.13. The van der Waals surface area contributed by atoms with Gasteiger partial charge >= 0.3 is 0 Å². The molecule has 0 atom stereocenters. The maximum Gasteiger partial charge on any atom is 0.0993 e. The third-order valence-electron chi connectivity index (χ3n) is 1.86. The molecule has 0 bridgehead atoms. The summed E-state index contributed by atoms with van der Waals surface area (Å²) in [5, 5.41) is 11.2. The Bertz CT molecular complexity index is 252. The third-order valence-corrected chi connectivity index (χ3v) is 1.86. The minimum atomic E-state index is 0.392. The molecule has 0 saturated heterocycles. The molecule has 1 rings (SSSR count). The molecule has 1 aromatic rings. The summed E-state index contributed by atoms with van der Waals surface area (Å²) < 4.78 is 1.94. The fourth-order valence-corrected chi connectivity index (χ4v) is 1.20. The van der Waals surface area contributed by atoms with Crippen molar-refractivity contribution in [1.82, 2.24) is 20.3 Å². The van der Waals surface area contributed by atoms with E-state index in [9.17, 15) is 0 Å². The van der Waals surface area contributed by atoms with E-state index in [1.807, 2.05) is 18.7 Å². The van der Waals surface area contributed by atoms with Crippen molar-refractivity contribution in [3.05, 3.63) is 11.4 Å². The molecule has 4 nitrogen and oxygen atoms in total. The quantitative estimate of drug-likeness (QED) is 0.728. The van der Waals surface area contributed by atoms with Crippen LogP contribution < -0.4 is 5.32 Å². The monoisotopic (exact) mass is 168 g/mol. The van der Waals surface area contributed by atoms with Crippen LogP contribution in [0.4, 0.5) is 0 Å². The van der Waals surface area contributed by atoms with E-state index in [2.05, 4.69) is 29.5 Å². The van der Waals surface area contributed by atoms with Crippen LogP contribution in [0.5, 0.6) is 0 Å². The molecule has 68 valence electrons. The number of nitrogens with zero attached hydrogens (tertiary/aromatic N) is 3. The van der Waals surface area contributed by atoms with Gasteiger partial charge in [-0.1, -0.05) is 5.21 Å². The summed E-state index contributed by atoms with van der Waals surface area (Å²) in [4.78, 5) is 0. The molecule has 0 radical (unpaired) electrons. The Hall–Kier alpha value is -0.900. The lowest BCUT2D eigenvalue weighted by atomic mass is 10.3. The molecule has 0 unspecified atom stereocenters. The molecule has 4 heteroatoms. The van der Waals surface area contributed by atoms with Gasteiger partial charge in [0.2, 0.25) is 0 Å². The first-order chi connectivity index (χ1) is 5.66. The van der Waals surface area contributed by atoms with Crippen LogP contribution in [0.2, 0.25) is 0 Å². The van der Waals surface area contributed by atoms with Gasteiger partial charge in [0, 0.05) is 12.6 Å². The molecule has 0 aliphatic carbocycles. The van der Waals surface area contributed by atoms with Crippen molar-refractivity contribution in [3.8, 4) is 0 Å². The highest BCUT2D eigenvalue weighted by Gasteiger charge is 2.08. The SMILES string of the molecule is CNCc1nnn(C(C)C)c1C. The summed E-state index contributed by atoms with van der Waals surface area (Å²) in [7, 11) is 1.91. The number of nitrogens with one attached hydrogen (secondary N) is 1. The molecule has 0 fully saturated rings. The lowest BCUT2D eigenvalue weighted by Crippen LogP contribution is -2.08. The zero-order chi connectivity index (χ0) is 9.14. The van der Waals surface area contributed by atoms with Crippen molar-refractivity contribution in [2.45, 2.75) is 33.4 Å². The van der Waals surface area contributed by atoms with E-state index in [1.165, 1.54) is 0 Å². The maximum atomic E-state index is 4.08. The van der Waals surface area contributed by atoms with E-state index >= 15 is 0 Å². The molecule has 0 aliphatic heterocycles. The van der Waals surface area contributed by atoms with Crippen molar-refractivity contribution in [1.29, 1.82) is 0 Å². The van der Waals surface area contributed by atoms with Gasteiger partial charge in [-0.3, -0.25) is 0 Å². The van der Waals surface area contributed by atoms with Crippen molar-refractivity contribution < 1.29 is 0 Å². The molecule has 0 amide bonds. The van der Waals surface area contributed by atoms with Crippen molar-refractivity contribution in [2.24, 2.45) is 0 Å². The molecular formula is C8H16N4. The van der Waals surface area contributed by atoms with Crippen LogP contribution in [-0.4, -0.2) is 22.0 Å². The van der Waals surface area contributed by atoms with Crippen molar-refractivity contribution >= 4 is 0 Å². The van der Waals surface area contributed by atoms with E-state index in [1.54, 1.807) is 0 Å². The van der Waals surface area contributed by atoms with Crippen LogP contribution in [0.25, 0.3) is 0 Å². The summed E-state index contributed by atoms with van der Waals surface area (Å²) in [6.07, 6.45) is 0. The molecule has 1 aromatic heterocycles. The first kappa shape index (κ1) is 9.19. The first-order valence-corrected chi connectivity index (χ1v) is 4.22. The third kappa shape index (κ3) is 1.64. The van der Waals surface area contributed by atoms with Crippen LogP contribution in [0.3, 0.4) is 0 Å². The number of hydrogen-bond donors (Lipinski definition) is 1. The van der Waals surface area contributed by atoms with E-state index in [-0.39, 0.29) is 0 Å². The Morgan fingerprint density at radius 1 is 1.50 bits per heavy atom. The molecule has 1 heterocycles. The topological polar surface area (TPSA) is 42.7 Å². The van der Waals surface area contributed by atoms with Gasteiger partial charge in [-0.2, -0.15) is 0 Å². The first-order valence-electron chi connectivity index (χ1n) is 4.22. The van der Waals surface area contributed by atoms with Gasteiger partial charge in [0.15, 0.2) is 0 Å². The van der Waals surface area contributed by atoms with Gasteiger partial charge in [-0.05, 0) is 27.8 Å². The summed E-state index contributed by atoms with van der Waals surface area (Å²) >= 11 is 0. The predicted octanol–water partition coefficient (Wildman–Crippen LogP) is 0.887. The lowest BCUT2D eigenvalue weighted by molar-refractivity contribution is 0.502. The maximum absolute atomic E-state index is 4.08. The summed E-state index contributed by atoms with van der Waals surface area (Å²) in [5.74, 6) is 0. The Morgan fingerprint density at radius 3 is 2.58 bits per heavy atom. The van der Waals surface area contributed by atoms with E-state index in [4.69, 9.17) is 0 Å². The van der Waals surface area contributed by atoms with E-state index in [0.717, 1.165) is 17.9 Å². The highest BCUT2D eigenvalue weighted by Crippen LogP contribution is 2.09. The average molecular weight is 168 g/mol. The standard InChI is InChI=1S/C8H16N4/c1-6(2)12-7(3)8(5-9-4)10-11-12/h6,9H,5H2,1-4H3. The molecule has 0 saturated carbocycles. The minimum Gasteiger partial charge on any atom is -0.314 e. The van der Waals surface area contributed by atoms with Gasteiger partial charge in [0.1, 0.15) is 0 Å². The second kappa shape index (κ2) is 3.67. The lowest BCUT2D eigenvalue weighted by Gasteiger charge is -2.06. The molecule has 0 aromatic carbocycles. The second-order valence-corrected chi connectivity index (χ2v) is 3.19. The van der Waals surface area contributed by atoms with Crippen LogP contribution in [0, 0.1) is 6.92 Å². The average Bonchev–Trinajstić information content (AvgIpc) is 2.34. The van der Waals surface area contributed by atoms with Crippen molar-refractivity contribution in [3.63, 3.8) is 0 Å². The van der Waals surface area contributed by atoms with Gasteiger partial charge in [-0.15, -0.1) is 5.10 Å². The molecule has 0 aliphatic rings. The Morgan fingerprint density at radius 2 is 2.17 bits per heavy atom. The van der Waals surface area contributed by atoms with Gasteiger partial charge < -0.3 is 5.32 Å². The smallest absolute Gasteiger partial charge is 0.0993 e. The fourth-order valence-electron chi connectivity index (χ4n) is 1.20. The van der Waals surface area contributed by atoms with E-state index < -0.39 is 0 Å². The van der Waals surface area contributed by atoms with Crippen LogP contribution in [0.1, 0.15) is 31.3 Å². The highest BCUT2D eigenvalue weighted by molar-refractivity contribution is 5.07. The van der Waals surface area contributed by atoms with Gasteiger partial charge in [0.25, 0.3) is 0 Å². The summed E-state index contributed by atoms with van der Waals surface area (Å²) in [6, 6.07) is 0.392. The normalized spacial score (nSPS) is 11.1. The summed E-state index contributed by atoms with van der Waals surface area (Å²) in [6.45, 7) is 7.04. The van der Waals surface area contributed by atoms with Gasteiger partial charge in [0.05, 0.1) is 11.4 Å². The molecule has 0 spiro atoms. The second-order valence-electron chi connectivity index (χ2n) is 3.19. The Kier molecular flexibility index (Phi) is 2.81. The molecule has 1 N–H and O–H groups in total. The van der Waals surface area contributed by atoms with Gasteiger partial charge in [-0.25, -0.2) is 4.68 Å². The highest BCUT2D eigenvalue weighted by atomic mass is 15.4. The number of aromatic nitrogens is 3. The Labute approximate surface area is 73.0 Å². The molecule has 12 heavy (non-hydrogen) atoms. The number of rotatable bonds is 3. The van der Waals surface area contributed by atoms with Crippen molar-refractivity contribution in [2.75, 3.05) is 7.05 Å². The fraction of sp³-hybridized carbons (Fsp3) is 0.750. The van der Waals surface area contributed by atoms with Crippen LogP contribution >= 0.6 is 0 Å². The van der Waals surface area contributed by atoms with E-state index in [0.29, 0.717) is 6.04 Å². The zero-order valence-electron chi connectivity index (χ0n) is 8.13. The molecular weight excluding hydrogens is 152 g/mol. The number of hydrogen-bond acceptors (Lipinski definition) is 3. The van der Waals surface area contributed by atoms with Crippen LogP contribution in [0.15, 0.2) is 0 Å².